The molecule has 0 saturated heterocycles. The van der Waals surface area contributed by atoms with Gasteiger partial charge in [-0.3, -0.25) is 4.79 Å². The number of aromatic hydroxyl groups is 1. The molecule has 2 aliphatic rings. The molecule has 0 saturated carbocycles. The van der Waals surface area contributed by atoms with Gasteiger partial charge < -0.3 is 9.52 Å². The number of rotatable bonds is 0. The standard InChI is InChI=1S/C15H18O3/c1-8-10-4-6-15(3)7-5-11(16)9(2)12(15)13(10)18-14(8)17/h17H,4-7H2,1-3H3/t15-/m0/s1. The van der Waals surface area contributed by atoms with Gasteiger partial charge in [0.2, 0.25) is 0 Å². The van der Waals surface area contributed by atoms with E-state index in [1.807, 2.05) is 13.8 Å². The van der Waals surface area contributed by atoms with Gasteiger partial charge in [-0.15, -0.1) is 0 Å². The topological polar surface area (TPSA) is 50.4 Å². The Bertz CT molecular complexity index is 577. The van der Waals surface area contributed by atoms with Crippen molar-refractivity contribution in [3.8, 4) is 5.95 Å². The van der Waals surface area contributed by atoms with Gasteiger partial charge in [0.1, 0.15) is 5.76 Å². The molecule has 1 heterocycles. The Hall–Kier alpha value is -1.51. The summed E-state index contributed by atoms with van der Waals surface area (Å²) < 4.78 is 5.54. The van der Waals surface area contributed by atoms with E-state index < -0.39 is 0 Å². The number of carbonyl (C=O) groups excluding carboxylic acids is 1. The number of Topliss-reactive ketones (excluding diaryl/α,β-unsaturated/α-hetero) is 1. The van der Waals surface area contributed by atoms with Crippen LogP contribution in [0.2, 0.25) is 0 Å². The highest BCUT2D eigenvalue weighted by Gasteiger charge is 2.43. The van der Waals surface area contributed by atoms with Crippen molar-refractivity contribution < 1.29 is 14.3 Å². The monoisotopic (exact) mass is 246 g/mol. The summed E-state index contributed by atoms with van der Waals surface area (Å²) in [5.41, 5.74) is 3.78. The van der Waals surface area contributed by atoms with Crippen LogP contribution >= 0.6 is 0 Å². The Morgan fingerprint density at radius 3 is 2.61 bits per heavy atom. The largest absolute Gasteiger partial charge is 0.480 e. The molecule has 3 heteroatoms. The summed E-state index contributed by atoms with van der Waals surface area (Å²) in [6.07, 6.45) is 3.47. The number of allylic oxidation sites excluding steroid dienone is 2. The van der Waals surface area contributed by atoms with Crippen LogP contribution in [0, 0.1) is 12.3 Å². The van der Waals surface area contributed by atoms with Gasteiger partial charge in [0.25, 0.3) is 5.95 Å². The van der Waals surface area contributed by atoms with E-state index in [4.69, 9.17) is 4.42 Å². The van der Waals surface area contributed by atoms with Gasteiger partial charge in [0.05, 0.1) is 0 Å². The minimum Gasteiger partial charge on any atom is -0.480 e. The quantitative estimate of drug-likeness (QED) is 0.763. The molecule has 0 fully saturated rings. The van der Waals surface area contributed by atoms with Crippen LogP contribution in [0.3, 0.4) is 0 Å². The molecule has 18 heavy (non-hydrogen) atoms. The summed E-state index contributed by atoms with van der Waals surface area (Å²) >= 11 is 0. The number of fused-ring (bicyclic) bond motifs is 3. The molecular formula is C15H18O3. The SMILES string of the molecule is CC1=C2c3oc(O)c(C)c3CC[C@@]2(C)CCC1=O. The van der Waals surface area contributed by atoms with Gasteiger partial charge in [-0.25, -0.2) is 0 Å². The molecule has 96 valence electrons. The van der Waals surface area contributed by atoms with E-state index in [1.165, 1.54) is 0 Å². The van der Waals surface area contributed by atoms with Gasteiger partial charge in [-0.1, -0.05) is 6.92 Å². The minimum atomic E-state index is 0.00238. The highest BCUT2D eigenvalue weighted by molar-refractivity contribution is 6.04. The van der Waals surface area contributed by atoms with Crippen molar-refractivity contribution in [3.05, 3.63) is 22.5 Å². The summed E-state index contributed by atoms with van der Waals surface area (Å²) in [5.74, 6) is 0.968. The Kier molecular flexibility index (Phi) is 2.25. The first-order chi connectivity index (χ1) is 8.44. The molecule has 0 amide bonds. The normalized spacial score (nSPS) is 27.2. The minimum absolute atomic E-state index is 0.00238. The van der Waals surface area contributed by atoms with Crippen LogP contribution in [0.15, 0.2) is 9.99 Å². The van der Waals surface area contributed by atoms with Crippen molar-refractivity contribution >= 4 is 11.4 Å². The van der Waals surface area contributed by atoms with E-state index in [9.17, 15) is 9.90 Å². The zero-order valence-electron chi connectivity index (χ0n) is 11.1. The first-order valence-electron chi connectivity index (χ1n) is 6.50. The fraction of sp³-hybridized carbons (Fsp3) is 0.533. The molecule has 2 aliphatic carbocycles. The van der Waals surface area contributed by atoms with Crippen molar-refractivity contribution in [2.24, 2.45) is 5.41 Å². The predicted octanol–water partition coefficient (Wildman–Crippen LogP) is 3.38. The van der Waals surface area contributed by atoms with Crippen molar-refractivity contribution in [3.63, 3.8) is 0 Å². The fourth-order valence-electron chi connectivity index (χ4n) is 3.43. The third-order valence-corrected chi connectivity index (χ3v) is 4.70. The molecule has 3 rings (SSSR count). The van der Waals surface area contributed by atoms with E-state index in [-0.39, 0.29) is 17.1 Å². The molecule has 1 aromatic rings. The van der Waals surface area contributed by atoms with Crippen LogP contribution in [-0.4, -0.2) is 10.9 Å². The maximum atomic E-state index is 11.9. The maximum Gasteiger partial charge on any atom is 0.285 e. The number of hydrogen-bond donors (Lipinski definition) is 1. The van der Waals surface area contributed by atoms with Gasteiger partial charge >= 0.3 is 0 Å². The Labute approximate surface area is 106 Å². The van der Waals surface area contributed by atoms with Crippen LogP contribution in [-0.2, 0) is 11.2 Å². The van der Waals surface area contributed by atoms with Crippen molar-refractivity contribution in [2.45, 2.75) is 46.5 Å². The molecule has 0 radical (unpaired) electrons. The van der Waals surface area contributed by atoms with Crippen LogP contribution in [0.5, 0.6) is 5.95 Å². The lowest BCUT2D eigenvalue weighted by Gasteiger charge is -2.39. The number of hydrogen-bond acceptors (Lipinski definition) is 3. The Morgan fingerprint density at radius 1 is 1.22 bits per heavy atom. The van der Waals surface area contributed by atoms with Gasteiger partial charge in [-0.05, 0) is 44.1 Å². The number of ketones is 1. The van der Waals surface area contributed by atoms with Gasteiger partial charge in [0, 0.05) is 23.1 Å². The van der Waals surface area contributed by atoms with Crippen LogP contribution < -0.4 is 0 Å². The van der Waals surface area contributed by atoms with E-state index in [0.29, 0.717) is 6.42 Å². The molecule has 3 nitrogen and oxygen atoms in total. The van der Waals surface area contributed by atoms with E-state index in [0.717, 1.165) is 47.3 Å². The summed E-state index contributed by atoms with van der Waals surface area (Å²) in [6.45, 7) is 5.97. The molecule has 0 bridgehead atoms. The fourth-order valence-corrected chi connectivity index (χ4v) is 3.43. The number of furan rings is 1. The predicted molar refractivity (Wildman–Crippen MR) is 68.4 cm³/mol. The lowest BCUT2D eigenvalue weighted by molar-refractivity contribution is -0.116. The van der Waals surface area contributed by atoms with Crippen molar-refractivity contribution in [2.75, 3.05) is 0 Å². The molecular weight excluding hydrogens is 228 g/mol. The first-order valence-corrected chi connectivity index (χ1v) is 6.50. The smallest absolute Gasteiger partial charge is 0.285 e. The second kappa shape index (κ2) is 3.50. The van der Waals surface area contributed by atoms with Crippen LogP contribution in [0.25, 0.3) is 5.57 Å². The second-order valence-electron chi connectivity index (χ2n) is 5.82. The second-order valence-corrected chi connectivity index (χ2v) is 5.82. The average molecular weight is 246 g/mol. The summed E-state index contributed by atoms with van der Waals surface area (Å²) in [5, 5.41) is 9.76. The van der Waals surface area contributed by atoms with E-state index in [2.05, 4.69) is 6.92 Å². The third kappa shape index (κ3) is 1.33. The maximum absolute atomic E-state index is 11.9. The number of carbonyl (C=O) groups is 1. The zero-order valence-corrected chi connectivity index (χ0v) is 11.1. The van der Waals surface area contributed by atoms with Gasteiger partial charge in [0.15, 0.2) is 5.78 Å². The molecule has 0 aromatic carbocycles. The van der Waals surface area contributed by atoms with Crippen LogP contribution in [0.4, 0.5) is 0 Å². The molecule has 1 aromatic heterocycles. The first kappa shape index (κ1) is 11.6. The highest BCUT2D eigenvalue weighted by atomic mass is 16.5. The molecule has 1 atom stereocenters. The van der Waals surface area contributed by atoms with E-state index >= 15 is 0 Å². The molecule has 0 spiro atoms. The lowest BCUT2D eigenvalue weighted by atomic mass is 9.64. The summed E-state index contributed by atoms with van der Waals surface area (Å²) in [6, 6.07) is 0. The molecule has 0 aliphatic heterocycles. The average Bonchev–Trinajstić information content (AvgIpc) is 2.60. The van der Waals surface area contributed by atoms with Crippen molar-refractivity contribution in [1.82, 2.24) is 0 Å². The summed E-state index contributed by atoms with van der Waals surface area (Å²) in [4.78, 5) is 11.9. The van der Waals surface area contributed by atoms with Crippen LogP contribution in [0.1, 0.15) is 50.0 Å². The lowest BCUT2D eigenvalue weighted by Crippen LogP contribution is -2.30. The summed E-state index contributed by atoms with van der Waals surface area (Å²) in [7, 11) is 0. The Balaban J connectivity index is 2.29. The Morgan fingerprint density at radius 2 is 1.89 bits per heavy atom. The molecule has 1 N–H and O–H groups in total. The highest BCUT2D eigenvalue weighted by Crippen LogP contribution is 2.54. The zero-order chi connectivity index (χ0) is 13.1. The van der Waals surface area contributed by atoms with Crippen molar-refractivity contribution in [1.29, 1.82) is 0 Å². The van der Waals surface area contributed by atoms with E-state index in [1.54, 1.807) is 0 Å². The molecule has 0 unspecified atom stereocenters. The van der Waals surface area contributed by atoms with Gasteiger partial charge in [-0.2, -0.15) is 0 Å². The third-order valence-electron chi connectivity index (χ3n) is 4.70.